The first-order valence-electron chi connectivity index (χ1n) is 8.08. The van der Waals surface area contributed by atoms with Crippen molar-refractivity contribution in [3.63, 3.8) is 0 Å². The molecule has 1 aromatic carbocycles. The van der Waals surface area contributed by atoms with E-state index < -0.39 is 0 Å². The predicted molar refractivity (Wildman–Crippen MR) is 95.1 cm³/mol. The van der Waals surface area contributed by atoms with Crippen molar-refractivity contribution in [3.05, 3.63) is 58.9 Å². The van der Waals surface area contributed by atoms with Gasteiger partial charge >= 0.3 is 0 Å². The quantitative estimate of drug-likeness (QED) is 0.767. The molecule has 1 fully saturated rings. The lowest BCUT2D eigenvalue weighted by atomic mass is 10.2. The molecule has 1 aliphatic rings. The number of nitrogens with one attached hydrogen (secondary N) is 2. The molecular formula is C18H17FN4O2. The van der Waals surface area contributed by atoms with Crippen molar-refractivity contribution in [1.29, 1.82) is 0 Å². The van der Waals surface area contributed by atoms with Crippen LogP contribution in [-0.2, 0) is 4.74 Å². The molecule has 7 heteroatoms. The summed E-state index contributed by atoms with van der Waals surface area (Å²) in [5, 5.41) is 4.26. The number of hydrogen-bond donors (Lipinski definition) is 2. The van der Waals surface area contributed by atoms with Gasteiger partial charge in [0, 0.05) is 31.2 Å². The number of fused-ring (bicyclic) bond motifs is 1. The summed E-state index contributed by atoms with van der Waals surface area (Å²) in [4.78, 5) is 20.9. The van der Waals surface area contributed by atoms with Crippen LogP contribution >= 0.6 is 0 Å². The van der Waals surface area contributed by atoms with Crippen molar-refractivity contribution in [2.24, 2.45) is 0 Å². The highest BCUT2D eigenvalue weighted by molar-refractivity contribution is 5.92. The maximum atomic E-state index is 14.5. The maximum Gasteiger partial charge on any atom is 0.259 e. The van der Waals surface area contributed by atoms with Crippen LogP contribution in [0, 0.1) is 5.82 Å². The summed E-state index contributed by atoms with van der Waals surface area (Å²) in [6.07, 6.45) is 3.20. The standard InChI is InChI=1S/C18H17FN4O2/c19-14-11-13(1-2-15(14)23-7-9-25-10-8-23)22-17-16-12(3-5-20-17)4-6-21-18(16)24/h1-6,11H,7-10H2,(H,20,22)(H,21,24). The molecule has 2 aromatic heterocycles. The van der Waals surface area contributed by atoms with Crippen LogP contribution in [0.25, 0.3) is 10.8 Å². The number of morpholine rings is 1. The molecule has 0 aliphatic carbocycles. The molecule has 6 nitrogen and oxygen atoms in total. The Bertz CT molecular complexity index is 961. The van der Waals surface area contributed by atoms with Gasteiger partial charge in [-0.3, -0.25) is 4.79 Å². The summed E-state index contributed by atoms with van der Waals surface area (Å²) in [5.74, 6) is 0.0823. The minimum Gasteiger partial charge on any atom is -0.378 e. The zero-order valence-corrected chi connectivity index (χ0v) is 13.5. The van der Waals surface area contributed by atoms with E-state index in [0.717, 1.165) is 5.39 Å². The zero-order valence-electron chi connectivity index (χ0n) is 13.5. The fourth-order valence-electron chi connectivity index (χ4n) is 3.01. The fourth-order valence-corrected chi connectivity index (χ4v) is 3.01. The molecule has 1 aliphatic heterocycles. The molecule has 0 unspecified atom stereocenters. The van der Waals surface area contributed by atoms with Crippen LogP contribution in [-0.4, -0.2) is 36.3 Å². The van der Waals surface area contributed by atoms with Crippen LogP contribution in [0.1, 0.15) is 0 Å². The molecule has 3 heterocycles. The van der Waals surface area contributed by atoms with Gasteiger partial charge in [-0.25, -0.2) is 9.37 Å². The van der Waals surface area contributed by atoms with E-state index in [-0.39, 0.29) is 11.4 Å². The zero-order chi connectivity index (χ0) is 17.2. The van der Waals surface area contributed by atoms with Crippen LogP contribution in [0.3, 0.4) is 0 Å². The number of aromatic nitrogens is 2. The average Bonchev–Trinajstić information content (AvgIpc) is 2.63. The molecule has 1 saturated heterocycles. The van der Waals surface area contributed by atoms with E-state index in [1.807, 2.05) is 4.90 Å². The summed E-state index contributed by atoms with van der Waals surface area (Å²) < 4.78 is 19.8. The first kappa shape index (κ1) is 15.6. The lowest BCUT2D eigenvalue weighted by Crippen LogP contribution is -2.36. The van der Waals surface area contributed by atoms with Crippen LogP contribution in [0.15, 0.2) is 47.5 Å². The molecule has 3 aromatic rings. The second-order valence-electron chi connectivity index (χ2n) is 5.82. The maximum absolute atomic E-state index is 14.5. The summed E-state index contributed by atoms with van der Waals surface area (Å²) in [6, 6.07) is 8.50. The number of hydrogen-bond acceptors (Lipinski definition) is 5. The third kappa shape index (κ3) is 3.06. The fraction of sp³-hybridized carbons (Fsp3) is 0.222. The van der Waals surface area contributed by atoms with Gasteiger partial charge in [-0.05, 0) is 35.7 Å². The lowest BCUT2D eigenvalue weighted by Gasteiger charge is -2.29. The second kappa shape index (κ2) is 6.52. The molecule has 0 spiro atoms. The van der Waals surface area contributed by atoms with Crippen LogP contribution in [0.2, 0.25) is 0 Å². The van der Waals surface area contributed by atoms with Gasteiger partial charge in [-0.1, -0.05) is 0 Å². The number of aromatic amines is 1. The average molecular weight is 340 g/mol. The Labute approximate surface area is 143 Å². The third-order valence-electron chi connectivity index (χ3n) is 4.25. The molecule has 128 valence electrons. The minimum absolute atomic E-state index is 0.237. The highest BCUT2D eigenvalue weighted by Crippen LogP contribution is 2.26. The van der Waals surface area contributed by atoms with Crippen molar-refractivity contribution in [2.75, 3.05) is 36.5 Å². The Morgan fingerprint density at radius 3 is 2.84 bits per heavy atom. The Balaban J connectivity index is 1.66. The smallest absolute Gasteiger partial charge is 0.259 e. The van der Waals surface area contributed by atoms with Gasteiger partial charge in [0.25, 0.3) is 5.56 Å². The molecule has 0 bridgehead atoms. The Morgan fingerprint density at radius 2 is 2.04 bits per heavy atom. The molecule has 0 radical (unpaired) electrons. The largest absolute Gasteiger partial charge is 0.378 e. The molecule has 0 saturated carbocycles. The number of pyridine rings is 2. The number of anilines is 3. The van der Waals surface area contributed by atoms with Crippen molar-refractivity contribution in [3.8, 4) is 0 Å². The topological polar surface area (TPSA) is 70.2 Å². The second-order valence-corrected chi connectivity index (χ2v) is 5.82. The molecular weight excluding hydrogens is 323 g/mol. The molecule has 0 amide bonds. The first-order valence-corrected chi connectivity index (χ1v) is 8.08. The van der Waals surface area contributed by atoms with E-state index in [4.69, 9.17) is 4.74 Å². The Morgan fingerprint density at radius 1 is 1.20 bits per heavy atom. The van der Waals surface area contributed by atoms with Crippen molar-refractivity contribution < 1.29 is 9.13 Å². The van der Waals surface area contributed by atoms with E-state index >= 15 is 0 Å². The van der Waals surface area contributed by atoms with E-state index in [9.17, 15) is 9.18 Å². The van der Waals surface area contributed by atoms with Crippen LogP contribution in [0.4, 0.5) is 21.6 Å². The van der Waals surface area contributed by atoms with Gasteiger partial charge in [0.1, 0.15) is 11.6 Å². The number of benzene rings is 1. The van der Waals surface area contributed by atoms with Gasteiger partial charge in [-0.2, -0.15) is 0 Å². The van der Waals surface area contributed by atoms with E-state index in [0.29, 0.717) is 48.9 Å². The third-order valence-corrected chi connectivity index (χ3v) is 4.25. The van der Waals surface area contributed by atoms with Crippen molar-refractivity contribution in [2.45, 2.75) is 0 Å². The minimum atomic E-state index is -0.318. The van der Waals surface area contributed by atoms with Gasteiger partial charge in [0.15, 0.2) is 0 Å². The molecule has 25 heavy (non-hydrogen) atoms. The number of H-pyrrole nitrogens is 1. The molecule has 2 N–H and O–H groups in total. The number of ether oxygens (including phenoxy) is 1. The Hall–Kier alpha value is -2.93. The predicted octanol–water partition coefficient (Wildman–Crippen LogP) is 2.64. The van der Waals surface area contributed by atoms with E-state index in [2.05, 4.69) is 15.3 Å². The lowest BCUT2D eigenvalue weighted by molar-refractivity contribution is 0.122. The van der Waals surface area contributed by atoms with Gasteiger partial charge in [0.05, 0.1) is 24.3 Å². The van der Waals surface area contributed by atoms with E-state index in [1.165, 1.54) is 6.07 Å². The van der Waals surface area contributed by atoms with Crippen molar-refractivity contribution >= 4 is 28.0 Å². The normalized spacial score (nSPS) is 14.7. The van der Waals surface area contributed by atoms with Crippen LogP contribution in [0.5, 0.6) is 0 Å². The molecule has 0 atom stereocenters. The summed E-state index contributed by atoms with van der Waals surface area (Å²) in [7, 11) is 0. The van der Waals surface area contributed by atoms with Crippen LogP contribution < -0.4 is 15.8 Å². The monoisotopic (exact) mass is 340 g/mol. The number of halogens is 1. The number of nitrogens with zero attached hydrogens (tertiary/aromatic N) is 2. The summed E-state index contributed by atoms with van der Waals surface area (Å²) in [6.45, 7) is 2.54. The van der Waals surface area contributed by atoms with Gasteiger partial charge in [0.2, 0.25) is 0 Å². The first-order chi connectivity index (χ1) is 12.2. The summed E-state index contributed by atoms with van der Waals surface area (Å²) >= 11 is 0. The highest BCUT2D eigenvalue weighted by Gasteiger charge is 2.16. The molecule has 4 rings (SSSR count). The van der Waals surface area contributed by atoms with Gasteiger partial charge < -0.3 is 19.9 Å². The number of rotatable bonds is 3. The SMILES string of the molecule is O=c1[nH]ccc2ccnc(Nc3ccc(N4CCOCC4)c(F)c3)c12. The Kier molecular flexibility index (Phi) is 4.07. The van der Waals surface area contributed by atoms with Gasteiger partial charge in [-0.15, -0.1) is 0 Å². The highest BCUT2D eigenvalue weighted by atomic mass is 19.1. The van der Waals surface area contributed by atoms with E-state index in [1.54, 1.807) is 36.7 Å². The summed E-state index contributed by atoms with van der Waals surface area (Å²) in [5.41, 5.74) is 0.855. The van der Waals surface area contributed by atoms with Crippen molar-refractivity contribution in [1.82, 2.24) is 9.97 Å².